The van der Waals surface area contributed by atoms with Crippen molar-refractivity contribution in [3.05, 3.63) is 46.3 Å². The second kappa shape index (κ2) is 7.18. The number of amides is 1. The van der Waals surface area contributed by atoms with E-state index in [4.69, 9.17) is 5.10 Å². The highest BCUT2D eigenvalue weighted by molar-refractivity contribution is 5.94. The number of fused-ring (bicyclic) bond motifs is 1. The highest BCUT2D eigenvalue weighted by atomic mass is 35.5. The minimum Gasteiger partial charge on any atom is -0.335 e. The highest BCUT2D eigenvalue weighted by Gasteiger charge is 2.30. The second-order valence-corrected chi connectivity index (χ2v) is 6.87. The van der Waals surface area contributed by atoms with Crippen LogP contribution < -0.4 is 5.32 Å². The summed E-state index contributed by atoms with van der Waals surface area (Å²) in [4.78, 5) is 14.9. The van der Waals surface area contributed by atoms with Gasteiger partial charge in [-0.15, -0.1) is 12.4 Å². The van der Waals surface area contributed by atoms with Gasteiger partial charge in [0.1, 0.15) is 0 Å². The lowest BCUT2D eigenvalue weighted by molar-refractivity contribution is 0.0728. The summed E-state index contributed by atoms with van der Waals surface area (Å²) in [6, 6.07) is 6.41. The number of benzene rings is 1. The second-order valence-electron chi connectivity index (χ2n) is 6.87. The first-order chi connectivity index (χ1) is 11.6. The van der Waals surface area contributed by atoms with E-state index in [9.17, 15) is 4.79 Å². The molecule has 1 aromatic heterocycles. The van der Waals surface area contributed by atoms with E-state index in [2.05, 4.69) is 37.4 Å². The molecule has 1 saturated heterocycles. The molecule has 1 N–H and O–H groups in total. The Morgan fingerprint density at radius 3 is 2.64 bits per heavy atom. The first-order valence-electron chi connectivity index (χ1n) is 8.83. The minimum atomic E-state index is 0. The summed E-state index contributed by atoms with van der Waals surface area (Å²) < 4.78 is 2.02. The monoisotopic (exact) mass is 360 g/mol. The first-order valence-corrected chi connectivity index (χ1v) is 8.83. The Bertz CT molecular complexity index is 793. The molecule has 1 fully saturated rings. The van der Waals surface area contributed by atoms with Crippen molar-refractivity contribution >= 4 is 18.3 Å². The molecule has 0 bridgehead atoms. The molecule has 0 spiro atoms. The standard InChI is InChI=1S/C19H24N4O.ClH/c1-13-6-7-16(14(2)12-13)23-17-5-3-4-15(17)18(21-23)19(24)22-10-8-20-9-11-22;/h6-7,12,20H,3-5,8-11H2,1-2H3;1H. The molecule has 1 aromatic carbocycles. The Hall–Kier alpha value is -1.85. The summed E-state index contributed by atoms with van der Waals surface area (Å²) in [7, 11) is 0. The van der Waals surface area contributed by atoms with Crippen LogP contribution >= 0.6 is 12.4 Å². The third kappa shape index (κ3) is 3.18. The zero-order valence-corrected chi connectivity index (χ0v) is 15.7. The minimum absolute atomic E-state index is 0. The van der Waals surface area contributed by atoms with Gasteiger partial charge in [0.15, 0.2) is 5.69 Å². The van der Waals surface area contributed by atoms with Crippen molar-refractivity contribution in [1.82, 2.24) is 20.0 Å². The lowest BCUT2D eigenvalue weighted by Crippen LogP contribution is -2.46. The van der Waals surface area contributed by atoms with Gasteiger partial charge >= 0.3 is 0 Å². The molecule has 0 atom stereocenters. The third-order valence-electron chi connectivity index (χ3n) is 5.12. The average molecular weight is 361 g/mol. The molecule has 2 aromatic rings. The molecule has 1 aliphatic carbocycles. The summed E-state index contributed by atoms with van der Waals surface area (Å²) in [6.07, 6.45) is 3.08. The number of nitrogens with zero attached hydrogens (tertiary/aromatic N) is 3. The number of nitrogens with one attached hydrogen (secondary N) is 1. The van der Waals surface area contributed by atoms with Crippen LogP contribution in [-0.4, -0.2) is 46.8 Å². The summed E-state index contributed by atoms with van der Waals surface area (Å²) in [5.74, 6) is 0.0955. The fourth-order valence-corrected chi connectivity index (χ4v) is 3.87. The molecule has 2 aliphatic rings. The van der Waals surface area contributed by atoms with Crippen LogP contribution in [0.15, 0.2) is 18.2 Å². The fourth-order valence-electron chi connectivity index (χ4n) is 3.87. The number of carbonyl (C=O) groups excluding carboxylic acids is 1. The molecule has 1 amide bonds. The molecule has 1 aliphatic heterocycles. The van der Waals surface area contributed by atoms with Crippen LogP contribution in [-0.2, 0) is 12.8 Å². The SMILES string of the molecule is Cc1ccc(-n2nc(C(=O)N3CCNCC3)c3c2CCC3)c(C)c1.Cl. The molecule has 6 heteroatoms. The van der Waals surface area contributed by atoms with Crippen molar-refractivity contribution in [2.24, 2.45) is 0 Å². The third-order valence-corrected chi connectivity index (χ3v) is 5.12. The molecule has 0 saturated carbocycles. The zero-order valence-electron chi connectivity index (χ0n) is 14.8. The summed E-state index contributed by atoms with van der Waals surface area (Å²) in [5.41, 5.74) is 6.60. The number of hydrogen-bond acceptors (Lipinski definition) is 3. The number of carbonyl (C=O) groups is 1. The zero-order chi connectivity index (χ0) is 16.7. The van der Waals surface area contributed by atoms with Crippen LogP contribution in [0, 0.1) is 13.8 Å². The van der Waals surface area contributed by atoms with Crippen LogP contribution in [0.5, 0.6) is 0 Å². The van der Waals surface area contributed by atoms with Crippen molar-refractivity contribution in [1.29, 1.82) is 0 Å². The lowest BCUT2D eigenvalue weighted by atomic mass is 10.1. The van der Waals surface area contributed by atoms with Crippen LogP contribution in [0.1, 0.15) is 39.3 Å². The van der Waals surface area contributed by atoms with Crippen molar-refractivity contribution in [2.75, 3.05) is 26.2 Å². The predicted octanol–water partition coefficient (Wildman–Crippen LogP) is 2.45. The first kappa shape index (κ1) is 18.0. The molecular weight excluding hydrogens is 336 g/mol. The van der Waals surface area contributed by atoms with Gasteiger partial charge < -0.3 is 10.2 Å². The van der Waals surface area contributed by atoms with E-state index in [1.807, 2.05) is 9.58 Å². The molecule has 2 heterocycles. The molecule has 134 valence electrons. The van der Waals surface area contributed by atoms with Gasteiger partial charge in [0, 0.05) is 37.4 Å². The molecular formula is C19H25ClN4O. The maximum Gasteiger partial charge on any atom is 0.274 e. The van der Waals surface area contributed by atoms with Gasteiger partial charge in [-0.3, -0.25) is 4.79 Å². The van der Waals surface area contributed by atoms with E-state index in [0.29, 0.717) is 5.69 Å². The predicted molar refractivity (Wildman–Crippen MR) is 101 cm³/mol. The van der Waals surface area contributed by atoms with E-state index in [0.717, 1.165) is 51.1 Å². The number of halogens is 1. The van der Waals surface area contributed by atoms with Crippen LogP contribution in [0.25, 0.3) is 5.69 Å². The van der Waals surface area contributed by atoms with E-state index < -0.39 is 0 Å². The topological polar surface area (TPSA) is 50.2 Å². The molecule has 0 radical (unpaired) electrons. The van der Waals surface area contributed by atoms with Crippen molar-refractivity contribution in [3.63, 3.8) is 0 Å². The maximum absolute atomic E-state index is 13.0. The van der Waals surface area contributed by atoms with Crippen molar-refractivity contribution < 1.29 is 4.79 Å². The van der Waals surface area contributed by atoms with Gasteiger partial charge in [0.05, 0.1) is 5.69 Å². The van der Waals surface area contributed by atoms with E-state index in [1.54, 1.807) is 0 Å². The van der Waals surface area contributed by atoms with Gasteiger partial charge in [0.25, 0.3) is 5.91 Å². The van der Waals surface area contributed by atoms with Gasteiger partial charge in [-0.25, -0.2) is 4.68 Å². The Morgan fingerprint density at radius 2 is 1.92 bits per heavy atom. The molecule has 5 nitrogen and oxygen atoms in total. The lowest BCUT2D eigenvalue weighted by Gasteiger charge is -2.26. The number of rotatable bonds is 2. The van der Waals surface area contributed by atoms with Gasteiger partial charge in [-0.1, -0.05) is 17.7 Å². The van der Waals surface area contributed by atoms with E-state index >= 15 is 0 Å². The summed E-state index contributed by atoms with van der Waals surface area (Å²) in [5, 5.41) is 8.07. The quantitative estimate of drug-likeness (QED) is 0.895. The van der Waals surface area contributed by atoms with Crippen LogP contribution in [0.2, 0.25) is 0 Å². The Labute approximate surface area is 154 Å². The highest BCUT2D eigenvalue weighted by Crippen LogP contribution is 2.29. The summed E-state index contributed by atoms with van der Waals surface area (Å²) >= 11 is 0. The van der Waals surface area contributed by atoms with Crippen LogP contribution in [0.4, 0.5) is 0 Å². The largest absolute Gasteiger partial charge is 0.335 e. The van der Waals surface area contributed by atoms with E-state index in [1.165, 1.54) is 22.4 Å². The van der Waals surface area contributed by atoms with Crippen LogP contribution in [0.3, 0.4) is 0 Å². The molecule has 4 rings (SSSR count). The Morgan fingerprint density at radius 1 is 1.16 bits per heavy atom. The van der Waals surface area contributed by atoms with E-state index in [-0.39, 0.29) is 18.3 Å². The van der Waals surface area contributed by atoms with Crippen molar-refractivity contribution in [2.45, 2.75) is 33.1 Å². The molecule has 0 unspecified atom stereocenters. The number of piperazine rings is 1. The normalized spacial score (nSPS) is 16.5. The number of aromatic nitrogens is 2. The van der Waals surface area contributed by atoms with Gasteiger partial charge in [-0.2, -0.15) is 5.10 Å². The van der Waals surface area contributed by atoms with Crippen molar-refractivity contribution in [3.8, 4) is 5.69 Å². The molecule has 25 heavy (non-hydrogen) atoms. The number of hydrogen-bond donors (Lipinski definition) is 1. The average Bonchev–Trinajstić information content (AvgIpc) is 3.18. The smallest absolute Gasteiger partial charge is 0.274 e. The maximum atomic E-state index is 13.0. The Kier molecular flexibility index (Phi) is 5.16. The van der Waals surface area contributed by atoms with Gasteiger partial charge in [-0.05, 0) is 44.7 Å². The Balaban J connectivity index is 0.00000182. The summed E-state index contributed by atoms with van der Waals surface area (Å²) in [6.45, 7) is 7.48. The van der Waals surface area contributed by atoms with Gasteiger partial charge in [0.2, 0.25) is 0 Å². The fraction of sp³-hybridized carbons (Fsp3) is 0.474. The number of aryl methyl sites for hydroxylation is 2.